The predicted octanol–water partition coefficient (Wildman–Crippen LogP) is 4.17. The molecule has 2 aliphatic rings. The van der Waals surface area contributed by atoms with Crippen LogP contribution in [0.3, 0.4) is 0 Å². The lowest BCUT2D eigenvalue weighted by atomic mass is 9.84. The van der Waals surface area contributed by atoms with E-state index in [1.807, 2.05) is 0 Å². The van der Waals surface area contributed by atoms with Crippen molar-refractivity contribution in [2.24, 2.45) is 5.92 Å². The number of thiazole rings is 1. The first kappa shape index (κ1) is 22.2. The molecule has 1 amide bonds. The van der Waals surface area contributed by atoms with Crippen LogP contribution in [-0.4, -0.2) is 29.1 Å². The van der Waals surface area contributed by atoms with Crippen LogP contribution in [0.15, 0.2) is 39.6 Å². The molecule has 31 heavy (non-hydrogen) atoms. The number of nitrogens with zero attached hydrogens (tertiary/aromatic N) is 2. The predicted molar refractivity (Wildman–Crippen MR) is 121 cm³/mol. The molecule has 2 aromatic heterocycles. The van der Waals surface area contributed by atoms with Crippen LogP contribution in [-0.2, 0) is 14.6 Å². The number of rotatable bonds is 7. The summed E-state index contributed by atoms with van der Waals surface area (Å²) in [6.45, 7) is 0. The third-order valence-electron chi connectivity index (χ3n) is 6.57. The van der Waals surface area contributed by atoms with Gasteiger partial charge < -0.3 is 9.88 Å². The Morgan fingerprint density at radius 1 is 1.16 bits per heavy atom. The number of carbonyl (C=O) groups excluding carboxylic acids is 1. The van der Waals surface area contributed by atoms with Crippen molar-refractivity contribution in [2.45, 2.75) is 80.4 Å². The Morgan fingerprint density at radius 3 is 2.52 bits per heavy atom. The largest absolute Gasteiger partial charge is 0.303 e. The van der Waals surface area contributed by atoms with Gasteiger partial charge in [-0.2, -0.15) is 0 Å². The first-order chi connectivity index (χ1) is 14.9. The molecule has 2 aromatic rings. The first-order valence-electron chi connectivity index (χ1n) is 11.1. The van der Waals surface area contributed by atoms with Crippen molar-refractivity contribution >= 4 is 32.2 Å². The fraction of sp³-hybridized carbons (Fsp3) is 0.591. The first-order valence-corrected chi connectivity index (χ1v) is 13.5. The highest BCUT2D eigenvalue weighted by Gasteiger charge is 2.32. The molecule has 4 rings (SSSR count). The van der Waals surface area contributed by atoms with Crippen molar-refractivity contribution in [3.05, 3.63) is 40.3 Å². The molecular formula is C22H29N3O4S2. The van der Waals surface area contributed by atoms with Gasteiger partial charge in [-0.05, 0) is 31.2 Å². The smallest absolute Gasteiger partial charge is 0.252 e. The molecule has 2 fully saturated rings. The molecule has 0 aromatic carbocycles. The van der Waals surface area contributed by atoms with Gasteiger partial charge in [-0.15, -0.1) is 11.3 Å². The van der Waals surface area contributed by atoms with Gasteiger partial charge in [-0.1, -0.05) is 44.9 Å². The van der Waals surface area contributed by atoms with E-state index in [1.165, 1.54) is 40.7 Å². The van der Waals surface area contributed by atoms with Crippen molar-refractivity contribution in [1.29, 1.82) is 0 Å². The third kappa shape index (κ3) is 5.09. The monoisotopic (exact) mass is 463 g/mol. The van der Waals surface area contributed by atoms with Crippen molar-refractivity contribution in [2.75, 3.05) is 5.32 Å². The Labute approximate surface area is 186 Å². The van der Waals surface area contributed by atoms with Gasteiger partial charge in [0.2, 0.25) is 5.91 Å². The molecule has 0 radical (unpaired) electrons. The Morgan fingerprint density at radius 2 is 1.87 bits per heavy atom. The van der Waals surface area contributed by atoms with Gasteiger partial charge in [0.1, 0.15) is 6.04 Å². The average molecular weight is 464 g/mol. The number of aromatic nitrogens is 2. The van der Waals surface area contributed by atoms with Crippen LogP contribution in [0.2, 0.25) is 0 Å². The van der Waals surface area contributed by atoms with Gasteiger partial charge in [0.25, 0.3) is 5.56 Å². The van der Waals surface area contributed by atoms with Crippen molar-refractivity contribution < 1.29 is 13.2 Å². The SMILES string of the molecule is O=C(Nc1nccs1)[C@H](CC1CCCCC1)n1ccc(S(=O)(=O)C2CCCC2)cc1=O. The van der Waals surface area contributed by atoms with Gasteiger partial charge in [0, 0.05) is 23.8 Å². The summed E-state index contributed by atoms with van der Waals surface area (Å²) in [6.07, 6.45) is 12.3. The van der Waals surface area contributed by atoms with Crippen molar-refractivity contribution in [1.82, 2.24) is 9.55 Å². The zero-order valence-electron chi connectivity index (χ0n) is 17.5. The number of amides is 1. The van der Waals surface area contributed by atoms with Crippen LogP contribution >= 0.6 is 11.3 Å². The van der Waals surface area contributed by atoms with E-state index in [0.29, 0.717) is 30.3 Å². The summed E-state index contributed by atoms with van der Waals surface area (Å²) >= 11 is 1.32. The Kier molecular flexibility index (Phi) is 6.91. The minimum atomic E-state index is -3.51. The maximum atomic E-state index is 13.1. The molecule has 2 aliphatic carbocycles. The molecule has 7 nitrogen and oxygen atoms in total. The van der Waals surface area contributed by atoms with Crippen LogP contribution in [0, 0.1) is 5.92 Å². The fourth-order valence-corrected chi connectivity index (χ4v) is 7.24. The summed E-state index contributed by atoms with van der Waals surface area (Å²) in [5.74, 6) is 0.0867. The van der Waals surface area contributed by atoms with E-state index in [1.54, 1.807) is 11.6 Å². The van der Waals surface area contributed by atoms with E-state index in [9.17, 15) is 18.0 Å². The zero-order chi connectivity index (χ0) is 21.8. The summed E-state index contributed by atoms with van der Waals surface area (Å²) in [4.78, 5) is 30.3. The molecule has 168 valence electrons. The molecule has 0 unspecified atom stereocenters. The lowest BCUT2D eigenvalue weighted by Gasteiger charge is -2.27. The maximum absolute atomic E-state index is 13.1. The molecule has 9 heteroatoms. The Bertz CT molecular complexity index is 1050. The summed E-state index contributed by atoms with van der Waals surface area (Å²) in [6, 6.07) is 1.99. The average Bonchev–Trinajstić information content (AvgIpc) is 3.47. The third-order valence-corrected chi connectivity index (χ3v) is 9.52. The molecule has 2 heterocycles. The topological polar surface area (TPSA) is 98.1 Å². The quantitative estimate of drug-likeness (QED) is 0.664. The van der Waals surface area contributed by atoms with E-state index in [-0.39, 0.29) is 10.8 Å². The van der Waals surface area contributed by atoms with Gasteiger partial charge in [-0.25, -0.2) is 13.4 Å². The van der Waals surface area contributed by atoms with E-state index in [0.717, 1.165) is 38.5 Å². The van der Waals surface area contributed by atoms with Crippen LogP contribution in [0.5, 0.6) is 0 Å². The number of nitrogens with one attached hydrogen (secondary N) is 1. The molecule has 0 spiro atoms. The number of pyridine rings is 1. The van der Waals surface area contributed by atoms with E-state index < -0.39 is 26.7 Å². The lowest BCUT2D eigenvalue weighted by molar-refractivity contribution is -0.120. The van der Waals surface area contributed by atoms with Crippen LogP contribution in [0.25, 0.3) is 0 Å². The normalized spacial score (nSPS) is 19.4. The molecule has 2 saturated carbocycles. The van der Waals surface area contributed by atoms with E-state index >= 15 is 0 Å². The van der Waals surface area contributed by atoms with Crippen LogP contribution < -0.4 is 10.9 Å². The van der Waals surface area contributed by atoms with Crippen LogP contribution in [0.1, 0.15) is 70.3 Å². The van der Waals surface area contributed by atoms with Gasteiger partial charge >= 0.3 is 0 Å². The second-order valence-corrected chi connectivity index (χ2v) is 11.8. The highest BCUT2D eigenvalue weighted by molar-refractivity contribution is 7.92. The second kappa shape index (κ2) is 9.65. The second-order valence-electron chi connectivity index (χ2n) is 8.64. The zero-order valence-corrected chi connectivity index (χ0v) is 19.2. The fourth-order valence-electron chi connectivity index (χ4n) is 4.86. The number of hydrogen-bond acceptors (Lipinski definition) is 6. The molecule has 0 aliphatic heterocycles. The Balaban J connectivity index is 1.61. The maximum Gasteiger partial charge on any atom is 0.252 e. The minimum absolute atomic E-state index is 0.0670. The number of hydrogen-bond donors (Lipinski definition) is 1. The van der Waals surface area contributed by atoms with Crippen LogP contribution in [0.4, 0.5) is 5.13 Å². The minimum Gasteiger partial charge on any atom is -0.303 e. The summed E-state index contributed by atoms with van der Waals surface area (Å²) in [5, 5.41) is 4.68. The van der Waals surface area contributed by atoms with E-state index in [2.05, 4.69) is 10.3 Å². The molecule has 1 atom stereocenters. The Hall–Kier alpha value is -2.00. The molecular weight excluding hydrogens is 434 g/mol. The number of sulfone groups is 1. The van der Waals surface area contributed by atoms with E-state index in [4.69, 9.17) is 0 Å². The van der Waals surface area contributed by atoms with Gasteiger partial charge in [0.05, 0.1) is 10.1 Å². The van der Waals surface area contributed by atoms with Crippen molar-refractivity contribution in [3.63, 3.8) is 0 Å². The molecule has 0 saturated heterocycles. The number of anilines is 1. The highest BCUT2D eigenvalue weighted by Crippen LogP contribution is 2.32. The van der Waals surface area contributed by atoms with Gasteiger partial charge in [-0.3, -0.25) is 9.59 Å². The summed E-state index contributed by atoms with van der Waals surface area (Å²) in [7, 11) is -3.51. The van der Waals surface area contributed by atoms with Gasteiger partial charge in [0.15, 0.2) is 15.0 Å². The van der Waals surface area contributed by atoms with Crippen molar-refractivity contribution in [3.8, 4) is 0 Å². The molecule has 1 N–H and O–H groups in total. The highest BCUT2D eigenvalue weighted by atomic mass is 32.2. The standard InChI is InChI=1S/C22H29N3O4S2/c26-20-15-18(31(28,29)17-8-4-5-9-17)10-12-25(20)19(14-16-6-2-1-3-7-16)21(27)24-22-23-11-13-30-22/h10-13,15-17,19H,1-9,14H2,(H,23,24,27)/t19-/m0/s1. The summed E-state index contributed by atoms with van der Waals surface area (Å²) < 4.78 is 27.2. The molecule has 0 bridgehead atoms. The lowest BCUT2D eigenvalue weighted by Crippen LogP contribution is -2.35. The summed E-state index contributed by atoms with van der Waals surface area (Å²) in [5.41, 5.74) is -0.450. The number of carbonyl (C=O) groups is 1.